The number of amides is 1. The highest BCUT2D eigenvalue weighted by Gasteiger charge is 2.40. The number of carbonyl (C=O) groups excluding carboxylic acids is 2. The molecule has 3 aliphatic rings. The van der Waals surface area contributed by atoms with Gasteiger partial charge in [-0.05, 0) is 86.6 Å². The smallest absolute Gasteiger partial charge is 0.253 e. The summed E-state index contributed by atoms with van der Waals surface area (Å²) < 4.78 is 11.3. The van der Waals surface area contributed by atoms with Crippen molar-refractivity contribution in [3.63, 3.8) is 0 Å². The van der Waals surface area contributed by atoms with Gasteiger partial charge in [-0.3, -0.25) is 14.5 Å². The topological polar surface area (TPSA) is 59.1 Å². The molecule has 3 heterocycles. The summed E-state index contributed by atoms with van der Waals surface area (Å²) in [5.41, 5.74) is 6.45. The quantitative estimate of drug-likeness (QED) is 0.310. The van der Waals surface area contributed by atoms with E-state index >= 15 is 0 Å². The predicted molar refractivity (Wildman–Crippen MR) is 161 cm³/mol. The monoisotopic (exact) mass is 550 g/mol. The van der Waals surface area contributed by atoms with Crippen LogP contribution in [-0.2, 0) is 0 Å². The number of carbonyl (C=O) groups is 2. The molecular formula is C35H38N2O4. The Balaban J connectivity index is 1.25. The van der Waals surface area contributed by atoms with Crippen LogP contribution in [0.4, 0.5) is 0 Å². The average molecular weight is 551 g/mol. The van der Waals surface area contributed by atoms with Crippen LogP contribution in [0.25, 0.3) is 5.57 Å². The second kappa shape index (κ2) is 11.9. The molecule has 2 fully saturated rings. The average Bonchev–Trinajstić information content (AvgIpc) is 3.24. The molecule has 0 saturated carbocycles. The minimum atomic E-state index is 0.0736. The van der Waals surface area contributed by atoms with Gasteiger partial charge in [0, 0.05) is 36.3 Å². The van der Waals surface area contributed by atoms with Crippen molar-refractivity contribution in [2.45, 2.75) is 51.6 Å². The van der Waals surface area contributed by atoms with Crippen molar-refractivity contribution >= 4 is 17.3 Å². The molecule has 2 atom stereocenters. The zero-order valence-corrected chi connectivity index (χ0v) is 24.0. The van der Waals surface area contributed by atoms with Gasteiger partial charge in [0.1, 0.15) is 13.2 Å². The fourth-order valence-corrected chi connectivity index (χ4v) is 6.69. The van der Waals surface area contributed by atoms with Gasteiger partial charge in [-0.25, -0.2) is 0 Å². The van der Waals surface area contributed by atoms with Gasteiger partial charge in [0.05, 0.1) is 6.54 Å². The number of ketones is 1. The molecule has 2 saturated heterocycles. The molecule has 0 N–H and O–H groups in total. The zero-order valence-electron chi connectivity index (χ0n) is 24.0. The first kappa shape index (κ1) is 27.3. The van der Waals surface area contributed by atoms with Gasteiger partial charge in [0.25, 0.3) is 5.91 Å². The third-order valence-electron chi connectivity index (χ3n) is 8.81. The Morgan fingerprint density at radius 3 is 2.00 bits per heavy atom. The summed E-state index contributed by atoms with van der Waals surface area (Å²) in [5.74, 6) is 1.57. The minimum absolute atomic E-state index is 0.0736. The molecule has 3 aliphatic heterocycles. The summed E-state index contributed by atoms with van der Waals surface area (Å²) in [6, 6.07) is 24.9. The molecule has 6 heteroatoms. The van der Waals surface area contributed by atoms with Gasteiger partial charge in [-0.2, -0.15) is 0 Å². The number of rotatable bonds is 8. The van der Waals surface area contributed by atoms with E-state index in [9.17, 15) is 9.59 Å². The number of Topliss-reactive ketones (excluding diaryl/α,β-unsaturated/α-hetero) is 1. The van der Waals surface area contributed by atoms with E-state index in [0.717, 1.165) is 36.8 Å². The maximum absolute atomic E-state index is 13.4. The minimum Gasteiger partial charge on any atom is -0.486 e. The number of nitrogens with zero attached hydrogens (tertiary/aromatic N) is 2. The van der Waals surface area contributed by atoms with Crippen molar-refractivity contribution in [1.82, 2.24) is 9.80 Å². The lowest BCUT2D eigenvalue weighted by Gasteiger charge is -2.37. The summed E-state index contributed by atoms with van der Waals surface area (Å²) in [6.45, 7) is 6.90. The highest BCUT2D eigenvalue weighted by Crippen LogP contribution is 2.43. The number of benzene rings is 3. The van der Waals surface area contributed by atoms with Crippen molar-refractivity contribution in [2.75, 3.05) is 32.8 Å². The number of hydrogen-bond acceptors (Lipinski definition) is 5. The highest BCUT2D eigenvalue weighted by atomic mass is 16.6. The summed E-state index contributed by atoms with van der Waals surface area (Å²) in [7, 11) is 0. The third-order valence-corrected chi connectivity index (χ3v) is 8.81. The zero-order chi connectivity index (χ0) is 28.3. The molecule has 0 spiro atoms. The lowest BCUT2D eigenvalue weighted by Crippen LogP contribution is -2.43. The van der Waals surface area contributed by atoms with Gasteiger partial charge < -0.3 is 14.4 Å². The molecule has 0 aromatic heterocycles. The largest absolute Gasteiger partial charge is 0.486 e. The van der Waals surface area contributed by atoms with Gasteiger partial charge in [-0.1, -0.05) is 48.0 Å². The molecule has 0 aliphatic carbocycles. The van der Waals surface area contributed by atoms with E-state index in [4.69, 9.17) is 9.47 Å². The predicted octanol–water partition coefficient (Wildman–Crippen LogP) is 6.25. The fourth-order valence-electron chi connectivity index (χ4n) is 6.69. The van der Waals surface area contributed by atoms with E-state index in [0.29, 0.717) is 62.0 Å². The van der Waals surface area contributed by atoms with Crippen LogP contribution in [0, 0.1) is 0 Å². The van der Waals surface area contributed by atoms with Crippen molar-refractivity contribution in [2.24, 2.45) is 0 Å². The first-order valence-electron chi connectivity index (χ1n) is 14.9. The summed E-state index contributed by atoms with van der Waals surface area (Å²) in [4.78, 5) is 30.6. The molecule has 1 amide bonds. The molecule has 3 aromatic rings. The second-order valence-electron chi connectivity index (χ2n) is 11.1. The Labute approximate surface area is 242 Å². The molecule has 41 heavy (non-hydrogen) atoms. The molecule has 6 rings (SSSR count). The lowest BCUT2D eigenvalue weighted by atomic mass is 9.85. The van der Waals surface area contributed by atoms with E-state index in [2.05, 4.69) is 41.3 Å². The van der Waals surface area contributed by atoms with Crippen LogP contribution in [-0.4, -0.2) is 66.4 Å². The van der Waals surface area contributed by atoms with E-state index in [1.165, 1.54) is 16.7 Å². The van der Waals surface area contributed by atoms with Crippen LogP contribution < -0.4 is 9.47 Å². The van der Waals surface area contributed by atoms with Crippen molar-refractivity contribution < 1.29 is 19.1 Å². The van der Waals surface area contributed by atoms with Crippen molar-refractivity contribution in [1.29, 1.82) is 0 Å². The molecule has 2 unspecified atom stereocenters. The van der Waals surface area contributed by atoms with Crippen LogP contribution in [0.3, 0.4) is 0 Å². The molecule has 6 nitrogen and oxygen atoms in total. The number of fused-ring (bicyclic) bond motifs is 3. The summed E-state index contributed by atoms with van der Waals surface area (Å²) in [5, 5.41) is 0. The number of hydrogen-bond donors (Lipinski definition) is 0. The third kappa shape index (κ3) is 5.53. The Morgan fingerprint density at radius 1 is 0.756 bits per heavy atom. The van der Waals surface area contributed by atoms with Crippen LogP contribution >= 0.6 is 0 Å². The standard InChI is InChI=1S/C35H38N2O4/c1-3-36(4-2)35(39)26-12-10-25(11-13-26)34(24-8-6-5-7-9-24)28-20-29-15-16-30(21-28)37(29)23-31(38)27-14-17-32-33(22-27)41-19-18-40-32/h5-14,17,22,29-30H,3-4,15-16,18-21,23H2,1-2H3. The molecule has 2 bridgehead atoms. The summed E-state index contributed by atoms with van der Waals surface area (Å²) in [6.07, 6.45) is 4.08. The summed E-state index contributed by atoms with van der Waals surface area (Å²) >= 11 is 0. The molecule has 3 aromatic carbocycles. The second-order valence-corrected chi connectivity index (χ2v) is 11.1. The Kier molecular flexibility index (Phi) is 7.93. The maximum Gasteiger partial charge on any atom is 0.253 e. The van der Waals surface area contributed by atoms with E-state index in [-0.39, 0.29) is 11.7 Å². The van der Waals surface area contributed by atoms with Gasteiger partial charge in [0.15, 0.2) is 17.3 Å². The SMILES string of the molecule is CCN(CC)C(=O)c1ccc(C(=C2CC3CCC(C2)N3CC(=O)c2ccc3c(c2)OCCO3)c2ccccc2)cc1. The van der Waals surface area contributed by atoms with Gasteiger partial charge in [0.2, 0.25) is 0 Å². The van der Waals surface area contributed by atoms with Crippen LogP contribution in [0.15, 0.2) is 78.4 Å². The molecule has 212 valence electrons. The highest BCUT2D eigenvalue weighted by molar-refractivity contribution is 5.98. The van der Waals surface area contributed by atoms with E-state index in [1.807, 2.05) is 55.1 Å². The van der Waals surface area contributed by atoms with Crippen LogP contribution in [0.2, 0.25) is 0 Å². The van der Waals surface area contributed by atoms with Crippen LogP contribution in [0.5, 0.6) is 11.5 Å². The fraction of sp³-hybridized carbons (Fsp3) is 0.371. The normalized spacial score (nSPS) is 19.6. The van der Waals surface area contributed by atoms with E-state index in [1.54, 1.807) is 0 Å². The number of ether oxygens (including phenoxy) is 2. The molecule has 0 radical (unpaired) electrons. The van der Waals surface area contributed by atoms with E-state index < -0.39 is 0 Å². The Morgan fingerprint density at radius 2 is 1.34 bits per heavy atom. The van der Waals surface area contributed by atoms with Crippen LogP contribution in [0.1, 0.15) is 71.4 Å². The maximum atomic E-state index is 13.4. The first-order chi connectivity index (χ1) is 20.1. The molecular weight excluding hydrogens is 512 g/mol. The van der Waals surface area contributed by atoms with Gasteiger partial charge in [-0.15, -0.1) is 0 Å². The lowest BCUT2D eigenvalue weighted by molar-refractivity contribution is 0.0772. The Hall–Kier alpha value is -3.90. The first-order valence-corrected chi connectivity index (χ1v) is 14.9. The number of piperidine rings is 1. The Bertz CT molecular complexity index is 1430. The van der Waals surface area contributed by atoms with Crippen molar-refractivity contribution in [3.05, 3.63) is 101 Å². The van der Waals surface area contributed by atoms with Gasteiger partial charge >= 0.3 is 0 Å². The van der Waals surface area contributed by atoms with Crippen molar-refractivity contribution in [3.8, 4) is 11.5 Å².